The van der Waals surface area contributed by atoms with E-state index < -0.39 is 49.9 Å². The summed E-state index contributed by atoms with van der Waals surface area (Å²) >= 11 is 0. The Kier molecular flexibility index (Phi) is 7.84. The van der Waals surface area contributed by atoms with E-state index in [2.05, 4.69) is 4.72 Å². The first-order valence-corrected chi connectivity index (χ1v) is 14.9. The van der Waals surface area contributed by atoms with E-state index in [0.717, 1.165) is 38.5 Å². The molecule has 2 aromatic carbocycles. The molecule has 1 unspecified atom stereocenters. The molecule has 1 aromatic heterocycles. The molecule has 0 radical (unpaired) electrons. The molecule has 1 atom stereocenters. The Morgan fingerprint density at radius 3 is 2.10 bits per heavy atom. The van der Waals surface area contributed by atoms with Crippen molar-refractivity contribution in [2.75, 3.05) is 4.72 Å². The minimum absolute atomic E-state index is 0.0597. The van der Waals surface area contributed by atoms with E-state index in [0.29, 0.717) is 29.7 Å². The fourth-order valence-corrected chi connectivity index (χ4v) is 6.61. The Labute approximate surface area is 237 Å². The van der Waals surface area contributed by atoms with Gasteiger partial charge in [0.1, 0.15) is 11.5 Å². The highest BCUT2D eigenvalue weighted by Crippen LogP contribution is 2.49. The molecule has 226 valence electrons. The number of nitrogens with one attached hydrogen (secondary N) is 1. The summed E-state index contributed by atoms with van der Waals surface area (Å²) in [5.41, 5.74) is -3.28. The molecule has 13 heteroatoms. The minimum atomic E-state index is -5.22. The zero-order chi connectivity index (χ0) is 30.4. The van der Waals surface area contributed by atoms with Crippen molar-refractivity contribution in [1.29, 1.82) is 0 Å². The molecule has 2 aliphatic rings. The number of aryl methyl sites for hydroxylation is 1. The topological polar surface area (TPSA) is 96.6 Å². The standard InChI is InChI=1S/C29H27F6NO5S/c30-28(31,32)18-13-19(29(33,34)35)15-21(14-18)42(39,40)36-20-7-5-6-17(12-20)24(16-10-11-16)25-26(37)22-8-3-1-2-4-9-23(22)41-27(25)38/h5-7,12-16,24,36-37H,1-4,8-11H2. The zero-order valence-corrected chi connectivity index (χ0v) is 22.9. The maximum atomic E-state index is 13.3. The van der Waals surface area contributed by atoms with Crippen LogP contribution in [-0.4, -0.2) is 13.5 Å². The molecule has 0 saturated heterocycles. The average Bonchev–Trinajstić information content (AvgIpc) is 3.71. The summed E-state index contributed by atoms with van der Waals surface area (Å²) in [7, 11) is -4.91. The fraction of sp³-hybridized carbons (Fsp3) is 0.414. The molecule has 0 bridgehead atoms. The first-order valence-electron chi connectivity index (χ1n) is 13.4. The van der Waals surface area contributed by atoms with Crippen LogP contribution in [0.25, 0.3) is 0 Å². The second kappa shape index (κ2) is 11.0. The van der Waals surface area contributed by atoms with E-state index in [1.807, 2.05) is 0 Å². The van der Waals surface area contributed by atoms with Gasteiger partial charge in [-0.1, -0.05) is 25.0 Å². The Morgan fingerprint density at radius 2 is 1.50 bits per heavy atom. The van der Waals surface area contributed by atoms with Gasteiger partial charge in [0.15, 0.2) is 0 Å². The fourth-order valence-electron chi connectivity index (χ4n) is 5.49. The van der Waals surface area contributed by atoms with Crippen LogP contribution in [0.5, 0.6) is 5.75 Å². The van der Waals surface area contributed by atoms with E-state index >= 15 is 0 Å². The van der Waals surface area contributed by atoms with E-state index in [9.17, 15) is 44.7 Å². The normalized spacial score (nSPS) is 17.2. The van der Waals surface area contributed by atoms with Crippen LogP contribution in [0.4, 0.5) is 32.0 Å². The number of aromatic hydroxyl groups is 1. The highest BCUT2D eigenvalue weighted by molar-refractivity contribution is 7.92. The molecular weight excluding hydrogens is 588 g/mol. The summed E-state index contributed by atoms with van der Waals surface area (Å²) in [6.45, 7) is 0. The summed E-state index contributed by atoms with van der Waals surface area (Å²) in [6.07, 6.45) is -4.36. The van der Waals surface area contributed by atoms with E-state index in [1.165, 1.54) is 18.2 Å². The second-order valence-corrected chi connectivity index (χ2v) is 12.4. The van der Waals surface area contributed by atoms with Crippen LogP contribution < -0.4 is 10.3 Å². The summed E-state index contributed by atoms with van der Waals surface area (Å²) in [4.78, 5) is 11.9. The molecule has 2 N–H and O–H groups in total. The first kappa shape index (κ1) is 30.0. The summed E-state index contributed by atoms with van der Waals surface area (Å²) in [6, 6.07) is 5.82. The number of halogens is 6. The third kappa shape index (κ3) is 6.30. The van der Waals surface area contributed by atoms with Gasteiger partial charge in [0.05, 0.1) is 21.6 Å². The van der Waals surface area contributed by atoms with Crippen LogP contribution in [0.2, 0.25) is 0 Å². The molecule has 0 amide bonds. The van der Waals surface area contributed by atoms with E-state index in [-0.39, 0.29) is 41.1 Å². The number of anilines is 1. The number of sulfonamides is 1. The highest BCUT2D eigenvalue weighted by Gasteiger charge is 2.40. The van der Waals surface area contributed by atoms with Gasteiger partial charge in [-0.25, -0.2) is 13.2 Å². The lowest BCUT2D eigenvalue weighted by molar-refractivity contribution is -0.143. The number of benzene rings is 2. The summed E-state index contributed by atoms with van der Waals surface area (Å²) < 4.78 is 114. The van der Waals surface area contributed by atoms with Gasteiger partial charge < -0.3 is 9.52 Å². The van der Waals surface area contributed by atoms with Crippen LogP contribution >= 0.6 is 0 Å². The monoisotopic (exact) mass is 615 g/mol. The van der Waals surface area contributed by atoms with Crippen LogP contribution in [0.3, 0.4) is 0 Å². The van der Waals surface area contributed by atoms with Crippen LogP contribution in [0.1, 0.15) is 78.0 Å². The molecule has 1 fully saturated rings. The van der Waals surface area contributed by atoms with Crippen LogP contribution in [0, 0.1) is 5.92 Å². The number of hydrogen-bond acceptors (Lipinski definition) is 5. The van der Waals surface area contributed by atoms with Crippen LogP contribution in [0.15, 0.2) is 56.6 Å². The number of hydrogen-bond donors (Lipinski definition) is 2. The van der Waals surface area contributed by atoms with Gasteiger partial charge in [0, 0.05) is 23.6 Å². The summed E-state index contributed by atoms with van der Waals surface area (Å²) in [5, 5.41) is 11.3. The number of fused-ring (bicyclic) bond motifs is 1. The lowest BCUT2D eigenvalue weighted by Gasteiger charge is -2.22. The lowest BCUT2D eigenvalue weighted by atomic mass is 9.85. The summed E-state index contributed by atoms with van der Waals surface area (Å²) in [5.74, 6) is -0.409. The third-order valence-corrected chi connectivity index (χ3v) is 9.03. The lowest BCUT2D eigenvalue weighted by Crippen LogP contribution is -2.20. The number of alkyl halides is 6. The van der Waals surface area contributed by atoms with Crippen molar-refractivity contribution in [3.63, 3.8) is 0 Å². The molecule has 6 nitrogen and oxygen atoms in total. The molecule has 5 rings (SSSR count). The molecule has 42 heavy (non-hydrogen) atoms. The van der Waals surface area contributed by atoms with Gasteiger partial charge in [-0.15, -0.1) is 0 Å². The molecule has 2 aliphatic carbocycles. The van der Waals surface area contributed by atoms with Gasteiger partial charge >= 0.3 is 18.0 Å². The molecule has 1 heterocycles. The van der Waals surface area contributed by atoms with Crippen LogP contribution in [-0.2, 0) is 35.2 Å². The molecule has 1 saturated carbocycles. The zero-order valence-electron chi connectivity index (χ0n) is 22.1. The van der Waals surface area contributed by atoms with Crippen molar-refractivity contribution in [3.05, 3.63) is 86.5 Å². The Hall–Kier alpha value is -3.48. The van der Waals surface area contributed by atoms with Gasteiger partial charge in [-0.3, -0.25) is 4.72 Å². The van der Waals surface area contributed by atoms with Crippen molar-refractivity contribution < 1.29 is 44.3 Å². The van der Waals surface area contributed by atoms with Gasteiger partial charge in [-0.05, 0) is 73.9 Å². The predicted molar refractivity (Wildman–Crippen MR) is 141 cm³/mol. The molecular formula is C29H27F6NO5S. The minimum Gasteiger partial charge on any atom is -0.507 e. The van der Waals surface area contributed by atoms with Crippen molar-refractivity contribution in [1.82, 2.24) is 0 Å². The van der Waals surface area contributed by atoms with Gasteiger partial charge in [-0.2, -0.15) is 26.3 Å². The largest absolute Gasteiger partial charge is 0.507 e. The van der Waals surface area contributed by atoms with Crippen molar-refractivity contribution >= 4 is 15.7 Å². The van der Waals surface area contributed by atoms with Gasteiger partial charge in [0.2, 0.25) is 0 Å². The smallest absolute Gasteiger partial charge is 0.416 e. The van der Waals surface area contributed by atoms with E-state index in [1.54, 1.807) is 6.07 Å². The maximum Gasteiger partial charge on any atom is 0.416 e. The van der Waals surface area contributed by atoms with Gasteiger partial charge in [0.25, 0.3) is 10.0 Å². The average molecular weight is 616 g/mol. The third-order valence-electron chi connectivity index (χ3n) is 7.67. The maximum absolute atomic E-state index is 13.3. The first-order chi connectivity index (χ1) is 19.6. The Balaban J connectivity index is 1.53. The second-order valence-electron chi connectivity index (χ2n) is 10.8. The highest BCUT2D eigenvalue weighted by atomic mass is 32.2. The predicted octanol–water partition coefficient (Wildman–Crippen LogP) is 7.38. The Morgan fingerprint density at radius 1 is 0.881 bits per heavy atom. The molecule has 0 spiro atoms. The quantitative estimate of drug-likeness (QED) is 0.282. The van der Waals surface area contributed by atoms with E-state index in [4.69, 9.17) is 4.42 Å². The SMILES string of the molecule is O=c1oc2c(c(O)c1C(c1cccc(NS(=O)(=O)c3cc(C(F)(F)F)cc(C(F)(F)F)c3)c1)C1CC1)CCCCCC2. The Bertz CT molecular complexity index is 1630. The number of rotatable bonds is 6. The van der Waals surface area contributed by atoms with Crippen molar-refractivity contribution in [3.8, 4) is 5.75 Å². The molecule has 0 aliphatic heterocycles. The molecule has 3 aromatic rings. The van der Waals surface area contributed by atoms with Crippen molar-refractivity contribution in [2.24, 2.45) is 5.92 Å². The van der Waals surface area contributed by atoms with Crippen molar-refractivity contribution in [2.45, 2.75) is 74.5 Å².